The molecule has 0 spiro atoms. The Balaban J connectivity index is 2.05. The summed E-state index contributed by atoms with van der Waals surface area (Å²) in [6.07, 6.45) is 3.92. The Morgan fingerprint density at radius 3 is 3.00 bits per heavy atom. The van der Waals surface area contributed by atoms with Gasteiger partial charge in [-0.25, -0.2) is 0 Å². The molecule has 2 nitrogen and oxygen atoms in total. The van der Waals surface area contributed by atoms with Crippen molar-refractivity contribution in [2.45, 2.75) is 38.7 Å². The molecular weight excluding hydrogens is 208 g/mol. The van der Waals surface area contributed by atoms with Crippen molar-refractivity contribution in [2.24, 2.45) is 0 Å². The first kappa shape index (κ1) is 10.8. The topological polar surface area (TPSA) is 26.3 Å². The van der Waals surface area contributed by atoms with Crippen LogP contribution in [-0.2, 0) is 11.2 Å². The smallest absolute Gasteiger partial charge is 0.201 e. The Bertz CT molecular complexity index is 337. The van der Waals surface area contributed by atoms with Crippen molar-refractivity contribution < 1.29 is 9.53 Å². The second kappa shape index (κ2) is 4.90. The van der Waals surface area contributed by atoms with Gasteiger partial charge in [-0.1, -0.05) is 6.92 Å². The molecule has 2 heterocycles. The molecule has 0 aromatic carbocycles. The Hall–Kier alpha value is -0.670. The maximum atomic E-state index is 12.0. The third-order valence-corrected chi connectivity index (χ3v) is 3.97. The van der Waals surface area contributed by atoms with Gasteiger partial charge in [-0.05, 0) is 37.8 Å². The van der Waals surface area contributed by atoms with E-state index in [9.17, 15) is 4.79 Å². The average Bonchev–Trinajstić information content (AvgIpc) is 2.78. The molecule has 1 aliphatic heterocycles. The maximum Gasteiger partial charge on any atom is 0.201 e. The lowest BCUT2D eigenvalue weighted by Gasteiger charge is -2.20. The van der Waals surface area contributed by atoms with Gasteiger partial charge in [0.2, 0.25) is 5.78 Å². The molecule has 0 saturated carbocycles. The van der Waals surface area contributed by atoms with Gasteiger partial charge < -0.3 is 4.74 Å². The second-order valence-corrected chi connectivity index (χ2v) is 5.01. The first-order chi connectivity index (χ1) is 7.31. The third-order valence-electron chi connectivity index (χ3n) is 2.73. The van der Waals surface area contributed by atoms with E-state index in [1.165, 1.54) is 4.88 Å². The number of rotatable bonds is 3. The predicted molar refractivity (Wildman–Crippen MR) is 61.6 cm³/mol. The molecule has 0 N–H and O–H groups in total. The van der Waals surface area contributed by atoms with Crippen LogP contribution in [0, 0.1) is 0 Å². The van der Waals surface area contributed by atoms with Gasteiger partial charge in [0.15, 0.2) is 0 Å². The fourth-order valence-electron chi connectivity index (χ4n) is 1.81. The zero-order chi connectivity index (χ0) is 10.7. The van der Waals surface area contributed by atoms with Crippen LogP contribution in [0.4, 0.5) is 0 Å². The molecule has 1 atom stereocenters. The van der Waals surface area contributed by atoms with E-state index < -0.39 is 0 Å². The summed E-state index contributed by atoms with van der Waals surface area (Å²) in [7, 11) is 0. The van der Waals surface area contributed by atoms with Crippen LogP contribution in [0.2, 0.25) is 0 Å². The van der Waals surface area contributed by atoms with Crippen molar-refractivity contribution in [3.63, 3.8) is 0 Å². The number of carbonyl (C=O) groups is 1. The van der Waals surface area contributed by atoms with Crippen LogP contribution in [0.1, 0.15) is 40.7 Å². The summed E-state index contributed by atoms with van der Waals surface area (Å²) >= 11 is 1.61. The van der Waals surface area contributed by atoms with Gasteiger partial charge in [0.25, 0.3) is 0 Å². The maximum absolute atomic E-state index is 12.0. The first-order valence-corrected chi connectivity index (χ1v) is 6.37. The molecule has 0 bridgehead atoms. The normalized spacial score (nSPS) is 21.5. The number of hydrogen-bond donors (Lipinski definition) is 0. The van der Waals surface area contributed by atoms with E-state index in [1.54, 1.807) is 11.3 Å². The summed E-state index contributed by atoms with van der Waals surface area (Å²) in [5.74, 6) is 0.180. The minimum absolute atomic E-state index is 0.179. The molecule has 3 heteroatoms. The highest BCUT2D eigenvalue weighted by atomic mass is 32.1. The second-order valence-electron chi connectivity index (χ2n) is 3.84. The molecule has 1 saturated heterocycles. The number of Topliss-reactive ketones (excluding diaryl/α,β-unsaturated/α-hetero) is 1. The van der Waals surface area contributed by atoms with E-state index in [-0.39, 0.29) is 11.9 Å². The molecule has 0 aliphatic carbocycles. The molecular formula is C12H16O2S. The number of hydrogen-bond acceptors (Lipinski definition) is 3. The van der Waals surface area contributed by atoms with Crippen molar-refractivity contribution in [3.8, 4) is 0 Å². The lowest BCUT2D eigenvalue weighted by Crippen LogP contribution is -2.27. The lowest BCUT2D eigenvalue weighted by molar-refractivity contribution is 0.0189. The molecule has 1 aliphatic rings. The lowest BCUT2D eigenvalue weighted by atomic mass is 10.0. The molecule has 2 rings (SSSR count). The van der Waals surface area contributed by atoms with Gasteiger partial charge in [0, 0.05) is 11.5 Å². The first-order valence-electron chi connectivity index (χ1n) is 5.56. The van der Waals surface area contributed by atoms with E-state index >= 15 is 0 Å². The van der Waals surface area contributed by atoms with E-state index in [0.717, 1.165) is 37.2 Å². The van der Waals surface area contributed by atoms with Crippen LogP contribution in [0.25, 0.3) is 0 Å². The summed E-state index contributed by atoms with van der Waals surface area (Å²) in [5.41, 5.74) is 0. The minimum Gasteiger partial charge on any atom is -0.370 e. The summed E-state index contributed by atoms with van der Waals surface area (Å²) in [6, 6.07) is 3.98. The van der Waals surface area contributed by atoms with E-state index in [4.69, 9.17) is 4.74 Å². The van der Waals surface area contributed by atoms with Gasteiger partial charge in [0.05, 0.1) is 4.88 Å². The van der Waals surface area contributed by atoms with Crippen molar-refractivity contribution in [3.05, 3.63) is 21.9 Å². The van der Waals surface area contributed by atoms with Crippen LogP contribution < -0.4 is 0 Å². The third kappa shape index (κ3) is 2.47. The largest absolute Gasteiger partial charge is 0.370 e. The average molecular weight is 224 g/mol. The highest BCUT2D eigenvalue weighted by Crippen LogP contribution is 2.23. The van der Waals surface area contributed by atoms with Crippen molar-refractivity contribution in [1.29, 1.82) is 0 Å². The number of carbonyl (C=O) groups excluding carboxylic acids is 1. The van der Waals surface area contributed by atoms with Crippen molar-refractivity contribution in [2.75, 3.05) is 6.61 Å². The zero-order valence-electron chi connectivity index (χ0n) is 8.99. The van der Waals surface area contributed by atoms with Crippen LogP contribution in [0.15, 0.2) is 12.1 Å². The molecule has 0 amide bonds. The van der Waals surface area contributed by atoms with Crippen LogP contribution >= 0.6 is 11.3 Å². The number of ether oxygens (including phenoxy) is 1. The van der Waals surface area contributed by atoms with Gasteiger partial charge >= 0.3 is 0 Å². The fraction of sp³-hybridized carbons (Fsp3) is 0.583. The Kier molecular flexibility index (Phi) is 3.54. The van der Waals surface area contributed by atoms with Crippen molar-refractivity contribution >= 4 is 17.1 Å². The molecule has 1 aromatic heterocycles. The van der Waals surface area contributed by atoms with Crippen LogP contribution in [-0.4, -0.2) is 18.5 Å². The van der Waals surface area contributed by atoms with E-state index in [2.05, 4.69) is 6.92 Å². The SMILES string of the molecule is CCc1ccc(C(=O)C2CCCCO2)s1. The Morgan fingerprint density at radius 2 is 2.40 bits per heavy atom. The molecule has 1 aromatic rings. The quantitative estimate of drug-likeness (QED) is 0.738. The molecule has 82 valence electrons. The summed E-state index contributed by atoms with van der Waals surface area (Å²) in [6.45, 7) is 2.85. The zero-order valence-corrected chi connectivity index (χ0v) is 9.81. The summed E-state index contributed by atoms with van der Waals surface area (Å²) in [5, 5.41) is 0. The molecule has 1 fully saturated rings. The molecule has 0 radical (unpaired) electrons. The minimum atomic E-state index is -0.179. The number of aryl methyl sites for hydroxylation is 1. The van der Waals surface area contributed by atoms with Gasteiger partial charge in [-0.3, -0.25) is 4.79 Å². The van der Waals surface area contributed by atoms with Gasteiger partial charge in [-0.2, -0.15) is 0 Å². The summed E-state index contributed by atoms with van der Waals surface area (Å²) in [4.78, 5) is 14.1. The number of ketones is 1. The summed E-state index contributed by atoms with van der Waals surface area (Å²) < 4.78 is 5.49. The van der Waals surface area contributed by atoms with Gasteiger partial charge in [0.1, 0.15) is 6.10 Å². The monoisotopic (exact) mass is 224 g/mol. The highest BCUT2D eigenvalue weighted by Gasteiger charge is 2.24. The van der Waals surface area contributed by atoms with E-state index in [0.29, 0.717) is 0 Å². The van der Waals surface area contributed by atoms with Crippen LogP contribution in [0.5, 0.6) is 0 Å². The molecule has 15 heavy (non-hydrogen) atoms. The predicted octanol–water partition coefficient (Wildman–Crippen LogP) is 3.06. The highest BCUT2D eigenvalue weighted by molar-refractivity contribution is 7.14. The van der Waals surface area contributed by atoms with Gasteiger partial charge in [-0.15, -0.1) is 11.3 Å². The Morgan fingerprint density at radius 1 is 1.53 bits per heavy atom. The molecule has 1 unspecified atom stereocenters. The fourth-order valence-corrected chi connectivity index (χ4v) is 2.74. The van der Waals surface area contributed by atoms with Crippen molar-refractivity contribution in [1.82, 2.24) is 0 Å². The van der Waals surface area contributed by atoms with Crippen LogP contribution in [0.3, 0.4) is 0 Å². The Labute approximate surface area is 94.3 Å². The number of thiophene rings is 1. The standard InChI is InChI=1S/C12H16O2S/c1-2-9-6-7-11(15-9)12(13)10-5-3-4-8-14-10/h6-7,10H,2-5,8H2,1H3. The van der Waals surface area contributed by atoms with E-state index in [1.807, 2.05) is 12.1 Å².